The first kappa shape index (κ1) is 15.7. The zero-order chi connectivity index (χ0) is 16.6. The van der Waals surface area contributed by atoms with Gasteiger partial charge in [0, 0.05) is 43.7 Å². The topological polar surface area (TPSA) is 71.6 Å². The van der Waals surface area contributed by atoms with Crippen LogP contribution < -0.4 is 0 Å². The van der Waals surface area contributed by atoms with Crippen molar-refractivity contribution in [2.75, 3.05) is 13.7 Å². The Bertz CT molecular complexity index is 690. The second-order valence-corrected chi connectivity index (χ2v) is 6.85. The third-order valence-corrected chi connectivity index (χ3v) is 5.55. The summed E-state index contributed by atoms with van der Waals surface area (Å²) in [5.41, 5.74) is 1.64. The van der Waals surface area contributed by atoms with Crippen molar-refractivity contribution in [3.8, 4) is 11.3 Å². The third kappa shape index (κ3) is 2.75. The maximum atomic E-state index is 10.1. The van der Waals surface area contributed by atoms with E-state index >= 15 is 0 Å². The summed E-state index contributed by atoms with van der Waals surface area (Å²) in [6.07, 6.45) is 6.80. The molecule has 3 atom stereocenters. The normalized spacial score (nSPS) is 30.4. The van der Waals surface area contributed by atoms with Crippen molar-refractivity contribution in [3.05, 3.63) is 36.4 Å². The molecule has 1 aliphatic carbocycles. The first-order valence-corrected chi connectivity index (χ1v) is 8.53. The summed E-state index contributed by atoms with van der Waals surface area (Å²) in [6.45, 7) is 1.64. The van der Waals surface area contributed by atoms with Gasteiger partial charge in [0.05, 0.1) is 18.2 Å². The molecule has 4 rings (SSSR count). The number of hydrogen-bond acceptors (Lipinski definition) is 6. The fourth-order valence-corrected chi connectivity index (χ4v) is 4.20. The van der Waals surface area contributed by atoms with Crippen LogP contribution in [0.2, 0.25) is 0 Å². The highest BCUT2D eigenvalue weighted by atomic mass is 16.5. The van der Waals surface area contributed by atoms with E-state index in [2.05, 4.69) is 15.0 Å². The molecule has 1 aliphatic heterocycles. The predicted molar refractivity (Wildman–Crippen MR) is 88.1 cm³/mol. The fraction of sp³-hybridized carbons (Fsp3) is 0.556. The smallest absolute Gasteiger partial charge is 0.151 e. The lowest BCUT2D eigenvalue weighted by Gasteiger charge is -2.42. The predicted octanol–water partition coefficient (Wildman–Crippen LogP) is 2.24. The van der Waals surface area contributed by atoms with E-state index in [0.29, 0.717) is 6.54 Å². The molecular weight excluding hydrogens is 306 g/mol. The van der Waals surface area contributed by atoms with Crippen molar-refractivity contribution in [3.63, 3.8) is 0 Å². The quantitative estimate of drug-likeness (QED) is 0.927. The van der Waals surface area contributed by atoms with E-state index in [1.807, 2.05) is 18.2 Å². The highest BCUT2D eigenvalue weighted by Gasteiger charge is 2.50. The molecule has 2 aromatic heterocycles. The van der Waals surface area contributed by atoms with Gasteiger partial charge in [0.15, 0.2) is 5.76 Å². The molecule has 3 heterocycles. The average Bonchev–Trinajstić information content (AvgIpc) is 3.22. The number of hydrogen-bond donors (Lipinski definition) is 1. The number of fused-ring (bicyclic) bond motifs is 1. The lowest BCUT2D eigenvalue weighted by atomic mass is 9.79. The van der Waals surface area contributed by atoms with Gasteiger partial charge in [0.25, 0.3) is 0 Å². The number of aliphatic hydroxyl groups is 1. The van der Waals surface area contributed by atoms with Crippen molar-refractivity contribution < 1.29 is 14.4 Å². The van der Waals surface area contributed by atoms with Crippen molar-refractivity contribution >= 4 is 0 Å². The summed E-state index contributed by atoms with van der Waals surface area (Å²) < 4.78 is 11.4. The van der Waals surface area contributed by atoms with Crippen LogP contribution in [0.25, 0.3) is 11.3 Å². The fourth-order valence-electron chi connectivity index (χ4n) is 4.20. The van der Waals surface area contributed by atoms with Crippen LogP contribution in [0.15, 0.2) is 35.1 Å². The number of pyridine rings is 1. The van der Waals surface area contributed by atoms with Crippen LogP contribution in [0.4, 0.5) is 0 Å². The maximum Gasteiger partial charge on any atom is 0.151 e. The monoisotopic (exact) mass is 329 g/mol. The van der Waals surface area contributed by atoms with Gasteiger partial charge in [-0.1, -0.05) is 5.16 Å². The SMILES string of the molecule is CO[C@@]12CC[C@@H](O)C[C@@H]1N(Cc1cc(-c3cccnc3)no1)CC2. The van der Waals surface area contributed by atoms with Crippen molar-refractivity contribution in [1.29, 1.82) is 0 Å². The highest BCUT2D eigenvalue weighted by molar-refractivity contribution is 5.57. The standard InChI is InChI=1S/C18H23N3O3/c1-23-18-5-4-14(22)9-17(18)21(8-6-18)12-15-10-16(20-24-15)13-3-2-7-19-11-13/h2-3,7,10-11,14,17,22H,4-6,8-9,12H2,1H3/t14-,17+,18-/m1/s1. The van der Waals surface area contributed by atoms with Gasteiger partial charge in [-0.05, 0) is 37.8 Å². The number of ether oxygens (including phenoxy) is 1. The Morgan fingerprint density at radius 3 is 3.17 bits per heavy atom. The van der Waals surface area contributed by atoms with Gasteiger partial charge < -0.3 is 14.4 Å². The van der Waals surface area contributed by atoms with E-state index in [0.717, 1.165) is 49.2 Å². The summed E-state index contributed by atoms with van der Waals surface area (Å²) in [7, 11) is 1.79. The first-order chi connectivity index (χ1) is 11.7. The molecule has 6 heteroatoms. The summed E-state index contributed by atoms with van der Waals surface area (Å²) >= 11 is 0. The van der Waals surface area contributed by atoms with Gasteiger partial charge >= 0.3 is 0 Å². The minimum Gasteiger partial charge on any atom is -0.393 e. The number of nitrogens with zero attached hydrogens (tertiary/aromatic N) is 3. The van der Waals surface area contributed by atoms with Gasteiger partial charge in [0.2, 0.25) is 0 Å². The molecule has 2 fully saturated rings. The largest absolute Gasteiger partial charge is 0.393 e. The van der Waals surface area contributed by atoms with Crippen LogP contribution in [0.5, 0.6) is 0 Å². The first-order valence-electron chi connectivity index (χ1n) is 8.53. The number of methoxy groups -OCH3 is 1. The Kier molecular flexibility index (Phi) is 4.12. The minimum absolute atomic E-state index is 0.120. The Labute approximate surface area is 141 Å². The Morgan fingerprint density at radius 2 is 2.38 bits per heavy atom. The molecule has 0 amide bonds. The van der Waals surface area contributed by atoms with Crippen LogP contribution in [-0.4, -0.2) is 51.5 Å². The summed E-state index contributed by atoms with van der Waals surface area (Å²) in [5.74, 6) is 0.834. The van der Waals surface area contributed by atoms with E-state index in [-0.39, 0.29) is 17.7 Å². The Hall–Kier alpha value is -1.76. The molecule has 24 heavy (non-hydrogen) atoms. The molecule has 0 bridgehead atoms. The van der Waals surface area contributed by atoms with E-state index in [1.165, 1.54) is 0 Å². The molecule has 0 spiro atoms. The van der Waals surface area contributed by atoms with E-state index in [9.17, 15) is 5.11 Å². The lowest BCUT2D eigenvalue weighted by molar-refractivity contribution is -0.0886. The number of aromatic nitrogens is 2. The Morgan fingerprint density at radius 1 is 1.46 bits per heavy atom. The number of likely N-dealkylation sites (tertiary alicyclic amines) is 1. The van der Waals surface area contributed by atoms with Crippen LogP contribution >= 0.6 is 0 Å². The zero-order valence-corrected chi connectivity index (χ0v) is 13.9. The lowest BCUT2D eigenvalue weighted by Crippen LogP contribution is -2.51. The molecule has 0 radical (unpaired) electrons. The van der Waals surface area contributed by atoms with Crippen LogP contribution in [0, 0.1) is 0 Å². The van der Waals surface area contributed by atoms with Crippen LogP contribution in [-0.2, 0) is 11.3 Å². The van der Waals surface area contributed by atoms with E-state index in [1.54, 1.807) is 19.5 Å². The van der Waals surface area contributed by atoms with Crippen molar-refractivity contribution in [1.82, 2.24) is 15.0 Å². The Balaban J connectivity index is 1.51. The molecule has 128 valence electrons. The summed E-state index contributed by atoms with van der Waals surface area (Å²) in [4.78, 5) is 6.48. The average molecular weight is 329 g/mol. The maximum absolute atomic E-state index is 10.1. The molecule has 1 saturated carbocycles. The molecule has 2 aliphatic rings. The van der Waals surface area contributed by atoms with Crippen LogP contribution in [0.3, 0.4) is 0 Å². The van der Waals surface area contributed by atoms with Gasteiger partial charge in [-0.15, -0.1) is 0 Å². The van der Waals surface area contributed by atoms with Gasteiger partial charge in [0.1, 0.15) is 5.69 Å². The van der Waals surface area contributed by atoms with Crippen molar-refractivity contribution in [2.45, 2.75) is 50.0 Å². The molecule has 1 N–H and O–H groups in total. The molecule has 1 saturated heterocycles. The molecule has 2 aromatic rings. The molecule has 0 unspecified atom stereocenters. The molecular formula is C18H23N3O3. The van der Waals surface area contributed by atoms with Gasteiger partial charge in [-0.25, -0.2) is 0 Å². The zero-order valence-electron chi connectivity index (χ0n) is 13.9. The van der Waals surface area contributed by atoms with E-state index in [4.69, 9.17) is 9.26 Å². The summed E-state index contributed by atoms with van der Waals surface area (Å²) in [5, 5.41) is 14.2. The van der Waals surface area contributed by atoms with E-state index < -0.39 is 0 Å². The molecule has 6 nitrogen and oxygen atoms in total. The minimum atomic E-state index is -0.237. The third-order valence-electron chi connectivity index (χ3n) is 5.55. The second-order valence-electron chi connectivity index (χ2n) is 6.85. The second kappa shape index (κ2) is 6.27. The number of rotatable bonds is 4. The summed E-state index contributed by atoms with van der Waals surface area (Å²) in [6, 6.07) is 6.07. The van der Waals surface area contributed by atoms with Crippen LogP contribution in [0.1, 0.15) is 31.4 Å². The number of aliphatic hydroxyl groups excluding tert-OH is 1. The van der Waals surface area contributed by atoms with Gasteiger partial charge in [-0.3, -0.25) is 9.88 Å². The van der Waals surface area contributed by atoms with Crippen molar-refractivity contribution in [2.24, 2.45) is 0 Å². The highest BCUT2D eigenvalue weighted by Crippen LogP contribution is 2.43. The molecule has 0 aromatic carbocycles. The van der Waals surface area contributed by atoms with Gasteiger partial charge in [-0.2, -0.15) is 0 Å².